The van der Waals surface area contributed by atoms with Crippen LogP contribution in [0.3, 0.4) is 0 Å². The van der Waals surface area contributed by atoms with Gasteiger partial charge in [0.2, 0.25) is 5.13 Å². The molecular weight excluding hydrogens is 321 g/mol. The molecule has 0 bridgehead atoms. The minimum Gasteiger partial charge on any atom is -0.488 e. The summed E-state index contributed by atoms with van der Waals surface area (Å²) < 4.78 is 24.4. The predicted molar refractivity (Wildman–Crippen MR) is 83.6 cm³/mol. The zero-order valence-electron chi connectivity index (χ0n) is 12.8. The summed E-state index contributed by atoms with van der Waals surface area (Å²) in [5, 5.41) is 2.35. The molecule has 1 aliphatic rings. The molecule has 0 saturated carbocycles. The largest absolute Gasteiger partial charge is 0.488 e. The fraction of sp³-hybridized carbons (Fsp3) is 0.400. The molecule has 3 rings (SSSR count). The zero-order chi connectivity index (χ0) is 16.4. The number of hydrogen-bond donors (Lipinski definition) is 1. The standard InChI is InChI=1S/C15H16FN3O3S/c1-8-5-11(22-10-3-4-21-7-10)6-12(17-8)14(20)19-15-18-9(2)13(16)23-15/h5-6,10H,3-4,7H2,1-2H3,(H,18,19,20)/t10-/m1/s1. The van der Waals surface area contributed by atoms with Gasteiger partial charge in [0.05, 0.1) is 18.9 Å². The van der Waals surface area contributed by atoms with Gasteiger partial charge in [0.25, 0.3) is 5.91 Å². The molecule has 0 unspecified atom stereocenters. The number of thiazole rings is 1. The summed E-state index contributed by atoms with van der Waals surface area (Å²) in [5.74, 6) is 0.120. The third kappa shape index (κ3) is 3.83. The van der Waals surface area contributed by atoms with E-state index >= 15 is 0 Å². The summed E-state index contributed by atoms with van der Waals surface area (Å²) in [7, 11) is 0. The molecule has 8 heteroatoms. The summed E-state index contributed by atoms with van der Waals surface area (Å²) in [6.07, 6.45) is 0.809. The molecule has 1 N–H and O–H groups in total. The summed E-state index contributed by atoms with van der Waals surface area (Å²) in [6, 6.07) is 3.33. The fourth-order valence-electron chi connectivity index (χ4n) is 2.21. The Kier molecular flexibility index (Phi) is 4.53. The van der Waals surface area contributed by atoms with Crippen LogP contribution in [0.15, 0.2) is 12.1 Å². The van der Waals surface area contributed by atoms with Crippen molar-refractivity contribution in [2.24, 2.45) is 0 Å². The molecule has 122 valence electrons. The van der Waals surface area contributed by atoms with Gasteiger partial charge in [0.1, 0.15) is 17.5 Å². The van der Waals surface area contributed by atoms with Crippen LogP contribution < -0.4 is 10.1 Å². The third-order valence-electron chi connectivity index (χ3n) is 3.31. The van der Waals surface area contributed by atoms with E-state index < -0.39 is 11.0 Å². The van der Waals surface area contributed by atoms with Crippen LogP contribution in [-0.4, -0.2) is 35.2 Å². The van der Waals surface area contributed by atoms with Crippen molar-refractivity contribution in [1.82, 2.24) is 9.97 Å². The van der Waals surface area contributed by atoms with Gasteiger partial charge < -0.3 is 9.47 Å². The van der Waals surface area contributed by atoms with E-state index in [1.54, 1.807) is 26.0 Å². The van der Waals surface area contributed by atoms with Crippen molar-refractivity contribution in [3.63, 3.8) is 0 Å². The van der Waals surface area contributed by atoms with Gasteiger partial charge in [-0.2, -0.15) is 4.39 Å². The molecule has 0 radical (unpaired) electrons. The van der Waals surface area contributed by atoms with E-state index in [-0.39, 0.29) is 22.6 Å². The van der Waals surface area contributed by atoms with Crippen LogP contribution in [0.2, 0.25) is 0 Å². The van der Waals surface area contributed by atoms with Gasteiger partial charge in [0.15, 0.2) is 5.13 Å². The SMILES string of the molecule is Cc1cc(O[C@@H]2CCOC2)cc(C(=O)Nc2nc(C)c(F)s2)n1. The van der Waals surface area contributed by atoms with Crippen molar-refractivity contribution in [3.05, 3.63) is 34.3 Å². The second-order valence-electron chi connectivity index (χ2n) is 5.27. The first-order valence-electron chi connectivity index (χ1n) is 7.18. The van der Waals surface area contributed by atoms with Crippen molar-refractivity contribution in [2.45, 2.75) is 26.4 Å². The fourth-order valence-corrected chi connectivity index (χ4v) is 2.90. The second kappa shape index (κ2) is 6.59. The van der Waals surface area contributed by atoms with E-state index in [1.165, 1.54) is 0 Å². The van der Waals surface area contributed by atoms with E-state index in [1.807, 2.05) is 0 Å². The molecule has 23 heavy (non-hydrogen) atoms. The minimum absolute atomic E-state index is 0.0107. The molecule has 1 aliphatic heterocycles. The Balaban J connectivity index is 1.75. The molecule has 1 fully saturated rings. The van der Waals surface area contributed by atoms with Gasteiger partial charge in [-0.15, -0.1) is 0 Å². The number of halogens is 1. The summed E-state index contributed by atoms with van der Waals surface area (Å²) in [6.45, 7) is 4.54. The Labute approximate surface area is 136 Å². The minimum atomic E-state index is -0.449. The topological polar surface area (TPSA) is 73.3 Å². The average molecular weight is 337 g/mol. The molecule has 2 aromatic rings. The highest BCUT2D eigenvalue weighted by molar-refractivity contribution is 7.14. The number of carbonyl (C=O) groups excluding carboxylic acids is 1. The van der Waals surface area contributed by atoms with Gasteiger partial charge in [0, 0.05) is 24.2 Å². The van der Waals surface area contributed by atoms with Crippen LogP contribution in [-0.2, 0) is 4.74 Å². The van der Waals surface area contributed by atoms with Gasteiger partial charge in [-0.25, -0.2) is 9.97 Å². The van der Waals surface area contributed by atoms with Gasteiger partial charge in [-0.05, 0) is 13.8 Å². The average Bonchev–Trinajstić information content (AvgIpc) is 3.09. The Morgan fingerprint density at radius 1 is 1.43 bits per heavy atom. The van der Waals surface area contributed by atoms with Crippen molar-refractivity contribution >= 4 is 22.4 Å². The lowest BCUT2D eigenvalue weighted by Gasteiger charge is -2.13. The number of nitrogens with one attached hydrogen (secondary N) is 1. The predicted octanol–water partition coefficient (Wildman–Crippen LogP) is 2.71. The normalized spacial score (nSPS) is 17.3. The van der Waals surface area contributed by atoms with Crippen LogP contribution in [0.5, 0.6) is 5.75 Å². The summed E-state index contributed by atoms with van der Waals surface area (Å²) >= 11 is 0.787. The molecule has 1 atom stereocenters. The number of aromatic nitrogens is 2. The van der Waals surface area contributed by atoms with Crippen LogP contribution in [0.1, 0.15) is 28.3 Å². The number of hydrogen-bond acceptors (Lipinski definition) is 6. The maximum absolute atomic E-state index is 13.3. The maximum Gasteiger partial charge on any atom is 0.276 e. The quantitative estimate of drug-likeness (QED) is 0.928. The molecule has 0 aliphatic carbocycles. The molecule has 1 amide bonds. The highest BCUT2D eigenvalue weighted by Gasteiger charge is 2.19. The van der Waals surface area contributed by atoms with Gasteiger partial charge in [-0.1, -0.05) is 11.3 Å². The van der Waals surface area contributed by atoms with Crippen molar-refractivity contribution in [1.29, 1.82) is 0 Å². The van der Waals surface area contributed by atoms with Crippen molar-refractivity contribution < 1.29 is 18.7 Å². The van der Waals surface area contributed by atoms with E-state index in [9.17, 15) is 9.18 Å². The first kappa shape index (κ1) is 15.8. The number of rotatable bonds is 4. The van der Waals surface area contributed by atoms with Crippen LogP contribution in [0.4, 0.5) is 9.52 Å². The van der Waals surface area contributed by atoms with Gasteiger partial charge in [-0.3, -0.25) is 10.1 Å². The van der Waals surface area contributed by atoms with Crippen molar-refractivity contribution in [3.8, 4) is 5.75 Å². The highest BCUT2D eigenvalue weighted by Crippen LogP contribution is 2.22. The lowest BCUT2D eigenvalue weighted by Crippen LogP contribution is -2.18. The van der Waals surface area contributed by atoms with E-state index in [4.69, 9.17) is 9.47 Å². The van der Waals surface area contributed by atoms with Gasteiger partial charge >= 0.3 is 0 Å². The Morgan fingerprint density at radius 3 is 2.91 bits per heavy atom. The lowest BCUT2D eigenvalue weighted by molar-refractivity contribution is 0.102. The monoisotopic (exact) mass is 337 g/mol. The number of pyridine rings is 1. The first-order valence-corrected chi connectivity index (χ1v) is 8.00. The molecule has 0 spiro atoms. The Hall–Kier alpha value is -2.06. The molecular formula is C15H16FN3O3S. The van der Waals surface area contributed by atoms with E-state index in [2.05, 4.69) is 15.3 Å². The summed E-state index contributed by atoms with van der Waals surface area (Å²) in [5.41, 5.74) is 1.12. The number of nitrogens with zero attached hydrogens (tertiary/aromatic N) is 2. The molecule has 2 aromatic heterocycles. The number of ether oxygens (including phenoxy) is 2. The lowest BCUT2D eigenvalue weighted by atomic mass is 10.2. The molecule has 6 nitrogen and oxygen atoms in total. The number of amides is 1. The molecule has 1 saturated heterocycles. The Bertz CT molecular complexity index is 709. The number of aryl methyl sites for hydroxylation is 2. The van der Waals surface area contributed by atoms with Crippen LogP contribution >= 0.6 is 11.3 Å². The van der Waals surface area contributed by atoms with Crippen LogP contribution in [0, 0.1) is 19.0 Å². The Morgan fingerprint density at radius 2 is 2.26 bits per heavy atom. The van der Waals surface area contributed by atoms with E-state index in [0.29, 0.717) is 24.7 Å². The molecule has 0 aromatic carbocycles. The number of anilines is 1. The second-order valence-corrected chi connectivity index (χ2v) is 6.21. The number of carbonyl (C=O) groups is 1. The van der Waals surface area contributed by atoms with Crippen LogP contribution in [0.25, 0.3) is 0 Å². The van der Waals surface area contributed by atoms with Crippen molar-refractivity contribution in [2.75, 3.05) is 18.5 Å². The first-order chi connectivity index (χ1) is 11.0. The summed E-state index contributed by atoms with van der Waals surface area (Å²) in [4.78, 5) is 20.4. The smallest absolute Gasteiger partial charge is 0.276 e. The maximum atomic E-state index is 13.3. The molecule has 3 heterocycles. The third-order valence-corrected chi connectivity index (χ3v) is 4.17. The highest BCUT2D eigenvalue weighted by atomic mass is 32.1. The zero-order valence-corrected chi connectivity index (χ0v) is 13.6. The van der Waals surface area contributed by atoms with E-state index in [0.717, 1.165) is 17.8 Å².